The van der Waals surface area contributed by atoms with Gasteiger partial charge in [0.05, 0.1) is 0 Å². The number of halogens is 1. The van der Waals surface area contributed by atoms with Crippen molar-refractivity contribution in [3.05, 3.63) is 34.6 Å². The molecule has 0 fully saturated rings. The van der Waals surface area contributed by atoms with E-state index < -0.39 is 0 Å². The summed E-state index contributed by atoms with van der Waals surface area (Å²) in [6.07, 6.45) is 0.834. The van der Waals surface area contributed by atoms with Crippen LogP contribution in [0.3, 0.4) is 0 Å². The average Bonchev–Trinajstić information content (AvgIpc) is 2.69. The highest BCUT2D eigenvalue weighted by Crippen LogP contribution is 2.24. The largest absolute Gasteiger partial charge is 0.430 e. The molecule has 0 radical (unpaired) electrons. The minimum atomic E-state index is 0.592. The minimum absolute atomic E-state index is 0.592. The smallest absolute Gasteiger partial charge is 0.298 e. The van der Waals surface area contributed by atoms with Gasteiger partial charge in [-0.15, -0.1) is 0 Å². The highest BCUT2D eigenvalue weighted by molar-refractivity contribution is 9.10. The predicted molar refractivity (Wildman–Crippen MR) is 63.5 cm³/mol. The third kappa shape index (κ3) is 2.76. The molecule has 1 aromatic carbocycles. The van der Waals surface area contributed by atoms with E-state index in [2.05, 4.69) is 25.3 Å². The summed E-state index contributed by atoms with van der Waals surface area (Å²) in [5.74, 6) is 1.60. The van der Waals surface area contributed by atoms with E-state index in [1.807, 2.05) is 31.2 Å². The van der Waals surface area contributed by atoms with Gasteiger partial charge in [-0.25, -0.2) is 0 Å². The third-order valence-electron chi connectivity index (χ3n) is 1.78. The second-order valence-electron chi connectivity index (χ2n) is 2.89. The maximum Gasteiger partial charge on any atom is 0.298 e. The lowest BCUT2D eigenvalue weighted by Gasteiger charge is -1.99. The van der Waals surface area contributed by atoms with Gasteiger partial charge in [-0.05, 0) is 24.3 Å². The van der Waals surface area contributed by atoms with E-state index >= 15 is 0 Å². The van der Waals surface area contributed by atoms with E-state index in [9.17, 15) is 0 Å². The molecule has 78 valence electrons. The van der Waals surface area contributed by atoms with Gasteiger partial charge in [-0.1, -0.05) is 22.9 Å². The number of rotatable bonds is 3. The van der Waals surface area contributed by atoms with Crippen molar-refractivity contribution in [3.8, 4) is 10.9 Å². The monoisotopic (exact) mass is 284 g/mol. The molecule has 5 heteroatoms. The van der Waals surface area contributed by atoms with Crippen LogP contribution in [0.4, 0.5) is 0 Å². The molecule has 0 N–H and O–H groups in total. The zero-order chi connectivity index (χ0) is 10.7. The summed E-state index contributed by atoms with van der Waals surface area (Å²) in [4.78, 5) is 4.22. The molecule has 0 spiro atoms. The number of nitrogens with zero attached hydrogens (tertiary/aromatic N) is 2. The minimum Gasteiger partial charge on any atom is -0.430 e. The van der Waals surface area contributed by atoms with Gasteiger partial charge in [-0.2, -0.15) is 9.36 Å². The number of benzene rings is 1. The fourth-order valence-corrected chi connectivity index (χ4v) is 1.92. The van der Waals surface area contributed by atoms with Crippen LogP contribution in [0.15, 0.2) is 28.7 Å². The Labute approximate surface area is 100 Å². The molecule has 0 saturated heterocycles. The number of hydrogen-bond acceptors (Lipinski definition) is 4. The van der Waals surface area contributed by atoms with Gasteiger partial charge in [-0.3, -0.25) is 0 Å². The molecule has 0 saturated carbocycles. The molecule has 2 rings (SSSR count). The van der Waals surface area contributed by atoms with Crippen molar-refractivity contribution in [2.24, 2.45) is 0 Å². The van der Waals surface area contributed by atoms with Crippen LogP contribution in [0.5, 0.6) is 10.9 Å². The van der Waals surface area contributed by atoms with Gasteiger partial charge < -0.3 is 4.74 Å². The number of ether oxygens (including phenoxy) is 1. The fraction of sp³-hybridized carbons (Fsp3) is 0.200. The average molecular weight is 285 g/mol. The molecule has 0 amide bonds. The van der Waals surface area contributed by atoms with Gasteiger partial charge in [0.25, 0.3) is 5.19 Å². The van der Waals surface area contributed by atoms with E-state index in [1.165, 1.54) is 11.5 Å². The molecule has 0 aliphatic heterocycles. The van der Waals surface area contributed by atoms with E-state index in [1.54, 1.807) is 0 Å². The van der Waals surface area contributed by atoms with Crippen LogP contribution in [-0.4, -0.2) is 9.36 Å². The standard InChI is InChI=1S/C10H9BrN2OS/c1-2-9-12-10(15-13-9)14-8-5-3-7(11)4-6-8/h3-6H,2H2,1H3. The molecule has 0 atom stereocenters. The van der Waals surface area contributed by atoms with Crippen LogP contribution < -0.4 is 4.74 Å². The lowest BCUT2D eigenvalue weighted by Crippen LogP contribution is -1.85. The van der Waals surface area contributed by atoms with Gasteiger partial charge in [0, 0.05) is 22.4 Å². The van der Waals surface area contributed by atoms with E-state index in [0.717, 1.165) is 22.5 Å². The molecule has 0 aliphatic rings. The van der Waals surface area contributed by atoms with Crippen LogP contribution in [0.2, 0.25) is 0 Å². The first-order valence-corrected chi connectivity index (χ1v) is 6.10. The second-order valence-corrected chi connectivity index (χ2v) is 4.52. The van der Waals surface area contributed by atoms with Crippen molar-refractivity contribution in [3.63, 3.8) is 0 Å². The molecule has 0 unspecified atom stereocenters. The fourth-order valence-electron chi connectivity index (χ4n) is 1.03. The predicted octanol–water partition coefficient (Wildman–Crippen LogP) is 3.66. The first-order valence-electron chi connectivity index (χ1n) is 4.54. The van der Waals surface area contributed by atoms with Gasteiger partial charge in [0.2, 0.25) is 0 Å². The Morgan fingerprint density at radius 1 is 1.33 bits per heavy atom. The summed E-state index contributed by atoms with van der Waals surface area (Å²) in [5.41, 5.74) is 0. The zero-order valence-electron chi connectivity index (χ0n) is 8.11. The SMILES string of the molecule is CCc1nsc(Oc2ccc(Br)cc2)n1. The maximum atomic E-state index is 5.54. The van der Waals surface area contributed by atoms with Gasteiger partial charge in [0.1, 0.15) is 11.6 Å². The van der Waals surface area contributed by atoms with Gasteiger partial charge in [0.15, 0.2) is 0 Å². The summed E-state index contributed by atoms with van der Waals surface area (Å²) in [6, 6.07) is 7.63. The van der Waals surface area contributed by atoms with Crippen LogP contribution >= 0.6 is 27.5 Å². The Hall–Kier alpha value is -0.940. The van der Waals surface area contributed by atoms with Crippen molar-refractivity contribution < 1.29 is 4.74 Å². The summed E-state index contributed by atoms with van der Waals surface area (Å²) in [6.45, 7) is 2.02. The summed E-state index contributed by atoms with van der Waals surface area (Å²) < 4.78 is 10.7. The Bertz CT molecular complexity index is 441. The molecular weight excluding hydrogens is 276 g/mol. The molecule has 1 heterocycles. The van der Waals surface area contributed by atoms with Crippen LogP contribution in [0, 0.1) is 0 Å². The molecule has 0 bridgehead atoms. The van der Waals surface area contributed by atoms with Crippen molar-refractivity contribution in [2.75, 3.05) is 0 Å². The molecule has 3 nitrogen and oxygen atoms in total. The Morgan fingerprint density at radius 2 is 2.07 bits per heavy atom. The Balaban J connectivity index is 2.11. The first kappa shape index (κ1) is 10.6. The molecule has 0 aliphatic carbocycles. The normalized spacial score (nSPS) is 10.3. The summed E-state index contributed by atoms with van der Waals surface area (Å²) in [7, 11) is 0. The van der Waals surface area contributed by atoms with E-state index in [0.29, 0.717) is 5.19 Å². The maximum absolute atomic E-state index is 5.54. The lowest BCUT2D eigenvalue weighted by molar-refractivity contribution is 0.477. The zero-order valence-corrected chi connectivity index (χ0v) is 10.5. The lowest BCUT2D eigenvalue weighted by atomic mass is 10.3. The Morgan fingerprint density at radius 3 is 2.67 bits per heavy atom. The van der Waals surface area contributed by atoms with Gasteiger partial charge >= 0.3 is 0 Å². The van der Waals surface area contributed by atoms with Crippen LogP contribution in [0.25, 0.3) is 0 Å². The van der Waals surface area contributed by atoms with Crippen molar-refractivity contribution in [2.45, 2.75) is 13.3 Å². The highest BCUT2D eigenvalue weighted by atomic mass is 79.9. The second kappa shape index (κ2) is 4.72. The third-order valence-corrected chi connectivity index (χ3v) is 2.95. The van der Waals surface area contributed by atoms with Crippen LogP contribution in [-0.2, 0) is 6.42 Å². The Kier molecular flexibility index (Phi) is 3.33. The highest BCUT2D eigenvalue weighted by Gasteiger charge is 2.04. The topological polar surface area (TPSA) is 35.0 Å². The van der Waals surface area contributed by atoms with E-state index in [4.69, 9.17) is 4.74 Å². The molecule has 1 aromatic heterocycles. The number of hydrogen-bond donors (Lipinski definition) is 0. The van der Waals surface area contributed by atoms with Crippen molar-refractivity contribution in [1.29, 1.82) is 0 Å². The van der Waals surface area contributed by atoms with Crippen LogP contribution in [0.1, 0.15) is 12.7 Å². The number of aromatic nitrogens is 2. The first-order chi connectivity index (χ1) is 7.28. The van der Waals surface area contributed by atoms with Crippen molar-refractivity contribution >= 4 is 27.5 Å². The molecule has 15 heavy (non-hydrogen) atoms. The summed E-state index contributed by atoms with van der Waals surface area (Å²) >= 11 is 4.64. The van der Waals surface area contributed by atoms with E-state index in [-0.39, 0.29) is 0 Å². The molecule has 2 aromatic rings. The van der Waals surface area contributed by atoms with Crippen molar-refractivity contribution in [1.82, 2.24) is 9.36 Å². The summed E-state index contributed by atoms with van der Waals surface area (Å²) in [5, 5.41) is 0.592. The number of aryl methyl sites for hydroxylation is 1. The quantitative estimate of drug-likeness (QED) is 0.863. The molecular formula is C10H9BrN2OS.